The second kappa shape index (κ2) is 23.2. The lowest BCUT2D eigenvalue weighted by Gasteiger charge is -2.46. The van der Waals surface area contributed by atoms with Gasteiger partial charge in [-0.15, -0.1) is 0 Å². The first kappa shape index (κ1) is 54.2. The third-order valence-electron chi connectivity index (χ3n) is 18.1. The minimum atomic E-state index is -0.227. The molecule has 1 N–H and O–H groups in total. The monoisotopic (exact) mass is 1170 g/mol. The Morgan fingerprint density at radius 2 is 0.739 bits per heavy atom. The molecular formula is C84H59B2N6. The summed E-state index contributed by atoms with van der Waals surface area (Å²) in [6.45, 7) is -0.227. The zero-order valence-electron chi connectivity index (χ0n) is 50.4. The van der Waals surface area contributed by atoms with Crippen LogP contribution in [0.15, 0.2) is 352 Å². The van der Waals surface area contributed by atoms with Crippen molar-refractivity contribution in [1.82, 2.24) is 0 Å². The quantitative estimate of drug-likeness (QED) is 0.130. The van der Waals surface area contributed by atoms with Crippen LogP contribution < -0.4 is 57.1 Å². The van der Waals surface area contributed by atoms with Crippen molar-refractivity contribution in [3.05, 3.63) is 352 Å². The Kier molecular flexibility index (Phi) is 13.7. The maximum absolute atomic E-state index is 3.99. The van der Waals surface area contributed by atoms with Crippen LogP contribution in [0.25, 0.3) is 22.3 Å². The highest BCUT2D eigenvalue weighted by atomic mass is 15.2. The molecule has 0 aromatic heterocycles. The minimum absolute atomic E-state index is 0.227. The summed E-state index contributed by atoms with van der Waals surface area (Å²) in [6.07, 6.45) is 0. The first-order valence-electron chi connectivity index (χ1n) is 31.5. The van der Waals surface area contributed by atoms with Gasteiger partial charge >= 0.3 is 0 Å². The Morgan fingerprint density at radius 3 is 1.29 bits per heavy atom. The van der Waals surface area contributed by atoms with E-state index in [1.165, 1.54) is 16.4 Å². The normalized spacial score (nSPS) is 12.4. The Bertz CT molecular complexity index is 4870. The largest absolute Gasteiger partial charge is 0.356 e. The van der Waals surface area contributed by atoms with Gasteiger partial charge in [0, 0.05) is 85.1 Å². The Balaban J connectivity index is 1.03. The Labute approximate surface area is 538 Å². The molecule has 0 aliphatic carbocycles. The van der Waals surface area contributed by atoms with Crippen LogP contribution in [0.3, 0.4) is 0 Å². The molecule has 14 aromatic carbocycles. The third-order valence-corrected chi connectivity index (χ3v) is 18.1. The van der Waals surface area contributed by atoms with Gasteiger partial charge < -0.3 is 29.8 Å². The SMILES string of the molecule is [B]1c2ccccc2Nc2cc(N(c3ccccc3)c3ccccc3)cc(c2)N(c2ccccc2)c2cc3c(cc21)B1c2ccccc2N(c2ccccc2)c2cc(N(c4ccccc4)c4ccccc4)cc(c21)N3c1c(-c2ccccc2)cccc1-c1ccccc1. The van der Waals surface area contributed by atoms with Crippen molar-refractivity contribution in [3.63, 3.8) is 0 Å². The minimum Gasteiger partial charge on any atom is -0.356 e. The molecule has 92 heavy (non-hydrogen) atoms. The second-order valence-electron chi connectivity index (χ2n) is 23.6. The highest BCUT2D eigenvalue weighted by Crippen LogP contribution is 2.53. The molecule has 1 radical (unpaired) electrons. The summed E-state index contributed by atoms with van der Waals surface area (Å²) >= 11 is 0. The van der Waals surface area contributed by atoms with E-state index in [2.05, 4.69) is 389 Å². The first-order chi connectivity index (χ1) is 45.7. The zero-order valence-corrected chi connectivity index (χ0v) is 50.4. The van der Waals surface area contributed by atoms with Crippen molar-refractivity contribution in [1.29, 1.82) is 0 Å². The summed E-state index contributed by atoms with van der Waals surface area (Å²) in [4.78, 5) is 12.4. The summed E-state index contributed by atoms with van der Waals surface area (Å²) in [5.41, 5.74) is 28.0. The number of rotatable bonds is 11. The number of nitrogens with zero attached hydrogens (tertiary/aromatic N) is 5. The molecule has 0 saturated heterocycles. The molecule has 0 amide bonds. The summed E-state index contributed by atoms with van der Waals surface area (Å²) in [6, 6.07) is 129. The molecule has 14 aromatic rings. The second-order valence-corrected chi connectivity index (χ2v) is 23.6. The smallest absolute Gasteiger partial charge is 0.252 e. The van der Waals surface area contributed by atoms with E-state index in [0.717, 1.165) is 130 Å². The van der Waals surface area contributed by atoms with Crippen molar-refractivity contribution in [2.45, 2.75) is 0 Å². The lowest BCUT2D eigenvalue weighted by molar-refractivity contribution is 1.22. The molecule has 0 unspecified atom stereocenters. The van der Waals surface area contributed by atoms with Gasteiger partial charge in [0.25, 0.3) is 6.71 Å². The molecule has 2 bridgehead atoms. The van der Waals surface area contributed by atoms with E-state index in [1.807, 2.05) is 0 Å². The van der Waals surface area contributed by atoms with Crippen LogP contribution in [0.4, 0.5) is 96.7 Å². The lowest BCUT2D eigenvalue weighted by atomic mass is 9.33. The summed E-state index contributed by atoms with van der Waals surface area (Å²) in [7, 11) is 2.40. The van der Waals surface area contributed by atoms with E-state index in [1.54, 1.807) is 0 Å². The molecule has 0 fully saturated rings. The number of anilines is 17. The first-order valence-corrected chi connectivity index (χ1v) is 31.5. The van der Waals surface area contributed by atoms with Crippen molar-refractivity contribution < 1.29 is 0 Å². The Morgan fingerprint density at radius 1 is 0.283 bits per heavy atom. The fourth-order valence-electron chi connectivity index (χ4n) is 14.2. The topological polar surface area (TPSA) is 28.2 Å². The molecule has 3 heterocycles. The maximum Gasteiger partial charge on any atom is 0.252 e. The molecule has 3 aliphatic heterocycles. The van der Waals surface area contributed by atoms with Gasteiger partial charge in [0.05, 0.1) is 22.7 Å². The van der Waals surface area contributed by atoms with E-state index in [9.17, 15) is 0 Å². The van der Waals surface area contributed by atoms with Crippen LogP contribution in [-0.2, 0) is 0 Å². The van der Waals surface area contributed by atoms with Crippen LogP contribution in [0, 0.1) is 0 Å². The summed E-state index contributed by atoms with van der Waals surface area (Å²) in [5.74, 6) is 0. The van der Waals surface area contributed by atoms with Crippen molar-refractivity contribution in [2.24, 2.45) is 0 Å². The van der Waals surface area contributed by atoms with E-state index in [0.29, 0.717) is 0 Å². The number of nitrogens with one attached hydrogen (secondary N) is 1. The van der Waals surface area contributed by atoms with E-state index in [4.69, 9.17) is 0 Å². The molecule has 431 valence electrons. The molecule has 3 aliphatic rings. The third kappa shape index (κ3) is 9.56. The highest BCUT2D eigenvalue weighted by Gasteiger charge is 2.46. The van der Waals surface area contributed by atoms with Crippen molar-refractivity contribution >= 4 is 138 Å². The highest BCUT2D eigenvalue weighted by molar-refractivity contribution is 7.00. The van der Waals surface area contributed by atoms with Gasteiger partial charge in [-0.05, 0) is 149 Å². The van der Waals surface area contributed by atoms with Crippen LogP contribution in [0.5, 0.6) is 0 Å². The van der Waals surface area contributed by atoms with Gasteiger partial charge in [-0.25, -0.2) is 0 Å². The van der Waals surface area contributed by atoms with Gasteiger partial charge in [0.2, 0.25) is 0 Å². The van der Waals surface area contributed by atoms with Crippen LogP contribution in [-0.4, -0.2) is 14.0 Å². The van der Waals surface area contributed by atoms with Crippen LogP contribution >= 0.6 is 0 Å². The Hall–Kier alpha value is -12.0. The molecule has 0 saturated carbocycles. The maximum atomic E-state index is 3.99. The van der Waals surface area contributed by atoms with Crippen LogP contribution in [0.1, 0.15) is 0 Å². The average Bonchev–Trinajstić information content (AvgIpc) is 0.693. The average molecular weight is 1170 g/mol. The van der Waals surface area contributed by atoms with E-state index >= 15 is 0 Å². The molecule has 17 rings (SSSR count). The molecule has 0 spiro atoms. The van der Waals surface area contributed by atoms with E-state index in [-0.39, 0.29) is 6.71 Å². The van der Waals surface area contributed by atoms with Crippen molar-refractivity contribution in [2.75, 3.05) is 29.8 Å². The fourth-order valence-corrected chi connectivity index (χ4v) is 14.2. The number of benzene rings is 14. The molecular weight excluding hydrogens is 1110 g/mol. The molecule has 8 heteroatoms. The van der Waals surface area contributed by atoms with Gasteiger partial charge in [-0.2, -0.15) is 0 Å². The predicted octanol–water partition coefficient (Wildman–Crippen LogP) is 19.2. The standard InChI is InChI=1S/C84H59B2N6/c1-9-30-59(31-10-1)71-46-29-47-72(60-32-11-2-12-33-60)84(71)92-80-58-79-74(85-73-48-25-27-50-77(73)87-61-52-68(54-69(53-61)90(79)66-42-21-7-22-43-66)88(62-34-13-3-14-35-62)63-36-15-4-16-37-63)57-76(80)86-75-49-26-28-51-78(75)91(67-44-23-8-24-45-67)81-55-70(56-82(92)83(81)86)89(64-38-17-5-18-39-64)65-40-19-6-20-41-65/h1-58,87H. The number of hydrogen-bond donors (Lipinski definition) is 1. The van der Waals surface area contributed by atoms with Gasteiger partial charge in [-0.3, -0.25) is 0 Å². The lowest BCUT2D eigenvalue weighted by Crippen LogP contribution is -2.62. The van der Waals surface area contributed by atoms with E-state index < -0.39 is 0 Å². The summed E-state index contributed by atoms with van der Waals surface area (Å²) < 4.78 is 0. The van der Waals surface area contributed by atoms with Gasteiger partial charge in [0.1, 0.15) is 0 Å². The summed E-state index contributed by atoms with van der Waals surface area (Å²) in [5, 5.41) is 3.99. The molecule has 6 nitrogen and oxygen atoms in total. The van der Waals surface area contributed by atoms with Crippen LogP contribution in [0.2, 0.25) is 0 Å². The predicted molar refractivity (Wildman–Crippen MR) is 390 cm³/mol. The number of fused-ring (bicyclic) bond motifs is 8. The van der Waals surface area contributed by atoms with Gasteiger partial charge in [0.15, 0.2) is 7.28 Å². The number of hydrogen-bond acceptors (Lipinski definition) is 6. The molecule has 0 atom stereocenters. The fraction of sp³-hybridized carbons (Fsp3) is 0. The van der Waals surface area contributed by atoms with Crippen molar-refractivity contribution in [3.8, 4) is 22.3 Å². The van der Waals surface area contributed by atoms with Gasteiger partial charge in [-0.1, -0.05) is 241 Å². The number of para-hydroxylation sites is 9. The zero-order chi connectivity index (χ0) is 60.9.